The van der Waals surface area contributed by atoms with Crippen molar-refractivity contribution in [1.82, 2.24) is 9.88 Å². The lowest BCUT2D eigenvalue weighted by Crippen LogP contribution is -2.35. The van der Waals surface area contributed by atoms with Gasteiger partial charge in [-0.3, -0.25) is 9.59 Å². The van der Waals surface area contributed by atoms with E-state index in [0.29, 0.717) is 18.7 Å². The van der Waals surface area contributed by atoms with Gasteiger partial charge in [-0.25, -0.2) is 8.42 Å². The number of sulfone groups is 1. The van der Waals surface area contributed by atoms with E-state index >= 15 is 0 Å². The summed E-state index contributed by atoms with van der Waals surface area (Å²) in [6, 6.07) is 10.5. The third kappa shape index (κ3) is 3.47. The highest BCUT2D eigenvalue weighted by Gasteiger charge is 2.28. The number of pyridine rings is 1. The van der Waals surface area contributed by atoms with Gasteiger partial charge in [0.25, 0.3) is 11.5 Å². The molecule has 1 fully saturated rings. The van der Waals surface area contributed by atoms with Gasteiger partial charge in [-0.05, 0) is 56.5 Å². The Balaban J connectivity index is 1.80. The Morgan fingerprint density at radius 3 is 2.37 bits per heavy atom. The summed E-state index contributed by atoms with van der Waals surface area (Å²) in [6.45, 7) is 3.19. The van der Waals surface area contributed by atoms with Crippen LogP contribution in [0.1, 0.15) is 35.2 Å². The van der Waals surface area contributed by atoms with Crippen LogP contribution in [0.4, 0.5) is 0 Å². The van der Waals surface area contributed by atoms with Gasteiger partial charge in [-0.1, -0.05) is 17.7 Å². The number of hydrogen-bond acceptors (Lipinski definition) is 5. The molecule has 1 aliphatic rings. The van der Waals surface area contributed by atoms with Crippen LogP contribution in [0.15, 0.2) is 57.1 Å². The summed E-state index contributed by atoms with van der Waals surface area (Å²) in [5.74, 6) is -0.764. The minimum atomic E-state index is -4.22. The summed E-state index contributed by atoms with van der Waals surface area (Å²) in [6.07, 6.45) is 3.01. The monoisotopic (exact) mass is 426 g/mol. The molecule has 0 atom stereocenters. The number of fused-ring (bicyclic) bond motifs is 1. The van der Waals surface area contributed by atoms with Crippen molar-refractivity contribution in [3.63, 3.8) is 0 Å². The number of nitrogens with one attached hydrogen (secondary N) is 1. The van der Waals surface area contributed by atoms with Crippen LogP contribution < -0.4 is 5.56 Å². The second-order valence-electron chi connectivity index (χ2n) is 7.56. The number of H-pyrrole nitrogens is 1. The molecule has 4 rings (SSSR count). The maximum atomic E-state index is 13.0. The molecule has 2 heterocycles. The number of aryl methyl sites for hydroxylation is 1. The number of likely N-dealkylation sites (tertiary alicyclic amines) is 1. The van der Waals surface area contributed by atoms with Crippen LogP contribution in [0.3, 0.4) is 0 Å². The normalized spacial score (nSPS) is 14.8. The Kier molecular flexibility index (Phi) is 5.11. The number of carbonyl (C=O) groups excluding carboxylic acids is 1. The van der Waals surface area contributed by atoms with Crippen molar-refractivity contribution < 1.29 is 18.3 Å². The number of piperidine rings is 1. The van der Waals surface area contributed by atoms with Gasteiger partial charge in [0.15, 0.2) is 4.90 Å². The van der Waals surface area contributed by atoms with Crippen molar-refractivity contribution in [2.24, 2.45) is 0 Å². The van der Waals surface area contributed by atoms with Crippen LogP contribution in [-0.2, 0) is 9.84 Å². The molecular weight excluding hydrogens is 404 g/mol. The summed E-state index contributed by atoms with van der Waals surface area (Å²) < 4.78 is 25.9. The number of rotatable bonds is 3. The van der Waals surface area contributed by atoms with Crippen molar-refractivity contribution >= 4 is 26.6 Å². The van der Waals surface area contributed by atoms with Crippen LogP contribution in [0.25, 0.3) is 10.9 Å². The number of aromatic amines is 1. The first-order valence-corrected chi connectivity index (χ1v) is 11.3. The highest BCUT2D eigenvalue weighted by atomic mass is 32.2. The van der Waals surface area contributed by atoms with E-state index in [9.17, 15) is 23.1 Å². The number of aromatic nitrogens is 1. The van der Waals surface area contributed by atoms with Crippen molar-refractivity contribution in [2.75, 3.05) is 13.1 Å². The fourth-order valence-electron chi connectivity index (χ4n) is 3.76. The minimum Gasteiger partial charge on any atom is -0.506 e. The molecule has 1 saturated heterocycles. The third-order valence-corrected chi connectivity index (χ3v) is 7.24. The molecule has 0 aliphatic carbocycles. The zero-order valence-electron chi connectivity index (χ0n) is 16.5. The Morgan fingerprint density at radius 1 is 1.03 bits per heavy atom. The molecule has 7 nitrogen and oxygen atoms in total. The van der Waals surface area contributed by atoms with Crippen LogP contribution in [0.2, 0.25) is 0 Å². The van der Waals surface area contributed by atoms with E-state index in [0.717, 1.165) is 24.8 Å². The van der Waals surface area contributed by atoms with E-state index in [-0.39, 0.29) is 21.7 Å². The smallest absolute Gasteiger partial charge is 0.271 e. The molecule has 1 amide bonds. The fourth-order valence-corrected chi connectivity index (χ4v) is 5.15. The molecule has 0 bridgehead atoms. The average molecular weight is 426 g/mol. The van der Waals surface area contributed by atoms with Gasteiger partial charge in [0, 0.05) is 24.0 Å². The lowest BCUT2D eigenvalue weighted by molar-refractivity contribution is 0.0724. The van der Waals surface area contributed by atoms with Gasteiger partial charge in [0.05, 0.1) is 10.4 Å². The molecule has 3 aromatic rings. The maximum Gasteiger partial charge on any atom is 0.271 e. The van der Waals surface area contributed by atoms with E-state index in [1.807, 2.05) is 6.92 Å². The van der Waals surface area contributed by atoms with Gasteiger partial charge < -0.3 is 15.0 Å². The van der Waals surface area contributed by atoms with Gasteiger partial charge in [0.2, 0.25) is 9.84 Å². The van der Waals surface area contributed by atoms with Gasteiger partial charge >= 0.3 is 0 Å². The zero-order valence-corrected chi connectivity index (χ0v) is 17.3. The Labute approximate surface area is 173 Å². The molecule has 8 heteroatoms. The fraction of sp³-hybridized carbons (Fsp3) is 0.273. The highest BCUT2D eigenvalue weighted by Crippen LogP contribution is 2.32. The van der Waals surface area contributed by atoms with E-state index in [2.05, 4.69) is 4.98 Å². The predicted octanol–water partition coefficient (Wildman–Crippen LogP) is 3.00. The first-order valence-electron chi connectivity index (χ1n) is 9.79. The first-order chi connectivity index (χ1) is 14.3. The Morgan fingerprint density at radius 2 is 1.70 bits per heavy atom. The average Bonchev–Trinajstić information content (AvgIpc) is 2.73. The summed E-state index contributed by atoms with van der Waals surface area (Å²) in [5.41, 5.74) is 0.538. The van der Waals surface area contributed by atoms with Crippen molar-refractivity contribution in [3.05, 3.63) is 63.9 Å². The molecule has 0 spiro atoms. The number of aromatic hydroxyl groups is 1. The first kappa shape index (κ1) is 20.2. The molecule has 156 valence electrons. The Bertz CT molecular complexity index is 1290. The molecule has 0 unspecified atom stereocenters. The molecule has 1 aliphatic heterocycles. The number of nitrogens with zero attached hydrogens (tertiary/aromatic N) is 1. The van der Waals surface area contributed by atoms with Gasteiger partial charge in [0.1, 0.15) is 5.75 Å². The lowest BCUT2D eigenvalue weighted by atomic mass is 10.1. The maximum absolute atomic E-state index is 13.0. The third-order valence-electron chi connectivity index (χ3n) is 5.43. The van der Waals surface area contributed by atoms with Gasteiger partial charge in [-0.15, -0.1) is 0 Å². The van der Waals surface area contributed by atoms with Gasteiger partial charge in [-0.2, -0.15) is 0 Å². The second-order valence-corrected chi connectivity index (χ2v) is 9.45. The van der Waals surface area contributed by atoms with Crippen molar-refractivity contribution in [1.29, 1.82) is 0 Å². The van der Waals surface area contributed by atoms with Crippen LogP contribution >= 0.6 is 0 Å². The number of amides is 1. The standard InChI is InChI=1S/C22H22N2O5S/c1-14-5-8-16(9-6-14)30(28,29)20-19(25)17-10-7-15(13-18(17)23-21(20)26)22(27)24-11-3-2-4-12-24/h5-10,13H,2-4,11-12H2,1H3,(H2,23,25,26). The summed E-state index contributed by atoms with van der Waals surface area (Å²) in [5, 5.41) is 10.8. The lowest BCUT2D eigenvalue weighted by Gasteiger charge is -2.26. The molecule has 2 N–H and O–H groups in total. The van der Waals surface area contributed by atoms with Crippen LogP contribution in [0.5, 0.6) is 5.75 Å². The molecular formula is C22H22N2O5S. The summed E-state index contributed by atoms with van der Waals surface area (Å²) in [7, 11) is -4.22. The van der Waals surface area contributed by atoms with E-state index in [1.165, 1.54) is 24.3 Å². The second kappa shape index (κ2) is 7.60. The quantitative estimate of drug-likeness (QED) is 0.669. The largest absolute Gasteiger partial charge is 0.506 e. The molecule has 0 radical (unpaired) electrons. The highest BCUT2D eigenvalue weighted by molar-refractivity contribution is 7.91. The number of hydrogen-bond donors (Lipinski definition) is 2. The van der Waals surface area contributed by atoms with E-state index < -0.39 is 26.0 Å². The molecule has 30 heavy (non-hydrogen) atoms. The molecule has 0 saturated carbocycles. The minimum absolute atomic E-state index is 0.0786. The summed E-state index contributed by atoms with van der Waals surface area (Å²) >= 11 is 0. The van der Waals surface area contributed by atoms with Crippen molar-refractivity contribution in [2.45, 2.75) is 36.0 Å². The van der Waals surface area contributed by atoms with Crippen molar-refractivity contribution in [3.8, 4) is 5.75 Å². The predicted molar refractivity (Wildman–Crippen MR) is 113 cm³/mol. The molecule has 2 aromatic carbocycles. The SMILES string of the molecule is Cc1ccc(S(=O)(=O)c2c(O)c3ccc(C(=O)N4CCCCC4)cc3[nH]c2=O)cc1. The Hall–Kier alpha value is -3.13. The van der Waals surface area contributed by atoms with Crippen LogP contribution in [0, 0.1) is 6.92 Å². The van der Waals surface area contributed by atoms with Crippen LogP contribution in [-0.4, -0.2) is 42.4 Å². The molecule has 1 aromatic heterocycles. The van der Waals surface area contributed by atoms with E-state index in [1.54, 1.807) is 23.1 Å². The number of benzene rings is 2. The summed E-state index contributed by atoms with van der Waals surface area (Å²) in [4.78, 5) is 28.9. The number of carbonyl (C=O) groups is 1. The zero-order chi connectivity index (χ0) is 21.5. The van der Waals surface area contributed by atoms with E-state index in [4.69, 9.17) is 0 Å². The topological polar surface area (TPSA) is 108 Å².